The smallest absolute Gasteiger partial charge is 0.229 e. The van der Waals surface area contributed by atoms with Crippen LogP contribution in [0.25, 0.3) is 11.1 Å². The average Bonchev–Trinajstić information content (AvgIpc) is 3.12. The van der Waals surface area contributed by atoms with Crippen LogP contribution in [-0.2, 0) is 0 Å². The number of nitrogens with one attached hydrogen (secondary N) is 3. The van der Waals surface area contributed by atoms with Crippen LogP contribution in [0, 0.1) is 19.7 Å². The quantitative estimate of drug-likeness (QED) is 0.374. The van der Waals surface area contributed by atoms with E-state index in [0.717, 1.165) is 22.4 Å². The predicted octanol–water partition coefficient (Wildman–Crippen LogP) is 5.79. The molecular formula is C21H21ClFN7. The Labute approximate surface area is 178 Å². The van der Waals surface area contributed by atoms with Gasteiger partial charge in [0, 0.05) is 29.7 Å². The molecule has 0 aliphatic heterocycles. The zero-order valence-electron chi connectivity index (χ0n) is 15.7. The zero-order chi connectivity index (χ0) is 20.4. The molecule has 4 aromatic rings. The van der Waals surface area contributed by atoms with Gasteiger partial charge in [-0.1, -0.05) is 25.1 Å². The molecule has 9 heteroatoms. The van der Waals surface area contributed by atoms with Crippen molar-refractivity contribution in [3.8, 4) is 11.1 Å². The number of hydrogen-bond acceptors (Lipinski definition) is 6. The SMILES string of the molecule is C.Cc1cc(Nc2nc(Nc3cc(C)c(-c4cccnc4)cc3F)ncc2Cl)n[nH]1. The lowest BCUT2D eigenvalue weighted by molar-refractivity contribution is 0.631. The molecule has 0 saturated carbocycles. The highest BCUT2D eigenvalue weighted by molar-refractivity contribution is 6.32. The Morgan fingerprint density at radius 2 is 1.93 bits per heavy atom. The van der Waals surface area contributed by atoms with E-state index in [9.17, 15) is 4.39 Å². The van der Waals surface area contributed by atoms with Gasteiger partial charge in [0.1, 0.15) is 10.8 Å². The van der Waals surface area contributed by atoms with Crippen LogP contribution in [0.3, 0.4) is 0 Å². The standard InChI is InChI=1S/C20H17ClFN7.CH4/c1-11-6-17(16(22)8-14(11)13-4-3-5-23-9-13)25-20-24-10-15(21)19(27-20)26-18-7-12(2)28-29-18;/h3-10H,1-2H3,(H3,24,25,26,27,28,29);1H4. The van der Waals surface area contributed by atoms with Crippen molar-refractivity contribution in [2.75, 3.05) is 10.6 Å². The number of hydrogen-bond donors (Lipinski definition) is 3. The van der Waals surface area contributed by atoms with E-state index in [4.69, 9.17) is 11.6 Å². The van der Waals surface area contributed by atoms with E-state index < -0.39 is 5.82 Å². The average molecular weight is 426 g/mol. The molecule has 3 heterocycles. The van der Waals surface area contributed by atoms with Crippen LogP contribution in [-0.4, -0.2) is 25.1 Å². The van der Waals surface area contributed by atoms with E-state index in [0.29, 0.717) is 16.7 Å². The number of benzene rings is 1. The molecule has 30 heavy (non-hydrogen) atoms. The van der Waals surface area contributed by atoms with Gasteiger partial charge in [0.05, 0.1) is 11.9 Å². The summed E-state index contributed by atoms with van der Waals surface area (Å²) < 4.78 is 14.7. The van der Waals surface area contributed by atoms with Crippen LogP contribution in [0.5, 0.6) is 0 Å². The summed E-state index contributed by atoms with van der Waals surface area (Å²) in [6.45, 7) is 3.79. The van der Waals surface area contributed by atoms with Gasteiger partial charge in [-0.2, -0.15) is 10.1 Å². The largest absolute Gasteiger partial charge is 0.322 e. The van der Waals surface area contributed by atoms with Gasteiger partial charge in [-0.05, 0) is 43.2 Å². The number of aromatic amines is 1. The highest BCUT2D eigenvalue weighted by Crippen LogP contribution is 2.30. The third kappa shape index (κ3) is 4.55. The fourth-order valence-corrected chi connectivity index (χ4v) is 2.99. The lowest BCUT2D eigenvalue weighted by Crippen LogP contribution is -2.03. The Hall–Kier alpha value is -3.52. The number of H-pyrrole nitrogens is 1. The molecule has 0 atom stereocenters. The number of rotatable bonds is 5. The molecule has 154 valence electrons. The van der Waals surface area contributed by atoms with Crippen LogP contribution in [0.2, 0.25) is 5.02 Å². The van der Waals surface area contributed by atoms with Gasteiger partial charge < -0.3 is 10.6 Å². The fraction of sp³-hybridized carbons (Fsp3) is 0.143. The van der Waals surface area contributed by atoms with Crippen LogP contribution >= 0.6 is 11.6 Å². The van der Waals surface area contributed by atoms with Crippen LogP contribution in [0.15, 0.2) is 48.9 Å². The summed E-state index contributed by atoms with van der Waals surface area (Å²) in [4.78, 5) is 12.6. The summed E-state index contributed by atoms with van der Waals surface area (Å²) in [7, 11) is 0. The van der Waals surface area contributed by atoms with Gasteiger partial charge >= 0.3 is 0 Å². The number of halogens is 2. The van der Waals surface area contributed by atoms with Crippen molar-refractivity contribution in [2.45, 2.75) is 21.3 Å². The van der Waals surface area contributed by atoms with Crippen molar-refractivity contribution in [2.24, 2.45) is 0 Å². The molecule has 3 N–H and O–H groups in total. The highest BCUT2D eigenvalue weighted by Gasteiger charge is 2.12. The van der Waals surface area contributed by atoms with E-state index >= 15 is 0 Å². The Kier molecular flexibility index (Phi) is 6.27. The van der Waals surface area contributed by atoms with Crippen molar-refractivity contribution < 1.29 is 4.39 Å². The Bertz CT molecular complexity index is 1160. The first-order chi connectivity index (χ1) is 14.0. The third-order valence-corrected chi connectivity index (χ3v) is 4.51. The molecule has 0 aliphatic carbocycles. The molecule has 7 nitrogen and oxygen atoms in total. The minimum absolute atomic E-state index is 0. The second-order valence-electron chi connectivity index (χ2n) is 6.47. The Morgan fingerprint density at radius 1 is 1.10 bits per heavy atom. The van der Waals surface area contributed by atoms with E-state index in [-0.39, 0.29) is 19.1 Å². The summed E-state index contributed by atoms with van der Waals surface area (Å²) in [5, 5.41) is 13.2. The molecule has 0 radical (unpaired) electrons. The second-order valence-corrected chi connectivity index (χ2v) is 6.87. The van der Waals surface area contributed by atoms with E-state index in [1.54, 1.807) is 18.5 Å². The molecule has 4 rings (SSSR count). The van der Waals surface area contributed by atoms with Gasteiger partial charge in [0.15, 0.2) is 11.6 Å². The summed E-state index contributed by atoms with van der Waals surface area (Å²) in [5.41, 5.74) is 3.66. The van der Waals surface area contributed by atoms with E-state index in [2.05, 4.69) is 35.8 Å². The first kappa shape index (κ1) is 21.2. The fourth-order valence-electron chi connectivity index (χ4n) is 2.85. The lowest BCUT2D eigenvalue weighted by atomic mass is 10.0. The number of nitrogens with zero attached hydrogens (tertiary/aromatic N) is 4. The van der Waals surface area contributed by atoms with E-state index in [1.165, 1.54) is 12.3 Å². The maximum absolute atomic E-state index is 14.7. The summed E-state index contributed by atoms with van der Waals surface area (Å²) >= 11 is 6.17. The lowest BCUT2D eigenvalue weighted by Gasteiger charge is -2.12. The zero-order valence-corrected chi connectivity index (χ0v) is 16.4. The van der Waals surface area contributed by atoms with Crippen molar-refractivity contribution in [1.82, 2.24) is 25.1 Å². The topological polar surface area (TPSA) is 91.4 Å². The van der Waals surface area contributed by atoms with Gasteiger partial charge in [-0.3, -0.25) is 10.1 Å². The number of pyridine rings is 1. The molecule has 0 amide bonds. The van der Waals surface area contributed by atoms with Crippen LogP contribution in [0.1, 0.15) is 18.7 Å². The molecular weight excluding hydrogens is 405 g/mol. The van der Waals surface area contributed by atoms with Gasteiger partial charge in [-0.25, -0.2) is 9.37 Å². The summed E-state index contributed by atoms with van der Waals surface area (Å²) in [6.07, 6.45) is 4.82. The molecule has 0 spiro atoms. The van der Waals surface area contributed by atoms with Gasteiger partial charge in [0.2, 0.25) is 5.95 Å². The maximum atomic E-state index is 14.7. The predicted molar refractivity (Wildman–Crippen MR) is 118 cm³/mol. The molecule has 0 saturated heterocycles. The maximum Gasteiger partial charge on any atom is 0.229 e. The van der Waals surface area contributed by atoms with Crippen LogP contribution < -0.4 is 10.6 Å². The molecule has 0 aliphatic rings. The molecule has 0 bridgehead atoms. The molecule has 3 aromatic heterocycles. The number of aromatic nitrogens is 5. The normalized spacial score (nSPS) is 10.4. The minimum atomic E-state index is -0.426. The van der Waals surface area contributed by atoms with Crippen molar-refractivity contribution >= 4 is 34.9 Å². The van der Waals surface area contributed by atoms with Crippen molar-refractivity contribution in [3.05, 3.63) is 71.0 Å². The molecule has 1 aromatic carbocycles. The first-order valence-corrected chi connectivity index (χ1v) is 9.16. The molecule has 0 unspecified atom stereocenters. The first-order valence-electron chi connectivity index (χ1n) is 8.79. The third-order valence-electron chi connectivity index (χ3n) is 4.23. The number of aryl methyl sites for hydroxylation is 2. The van der Waals surface area contributed by atoms with Gasteiger partial charge in [0.25, 0.3) is 0 Å². The molecule has 0 fully saturated rings. The van der Waals surface area contributed by atoms with Crippen molar-refractivity contribution in [3.63, 3.8) is 0 Å². The second kappa shape index (κ2) is 8.87. The van der Waals surface area contributed by atoms with Crippen molar-refractivity contribution in [1.29, 1.82) is 0 Å². The summed E-state index contributed by atoms with van der Waals surface area (Å²) in [6, 6.07) is 8.69. The minimum Gasteiger partial charge on any atom is -0.322 e. The Balaban J connectivity index is 0.00000256. The van der Waals surface area contributed by atoms with E-state index in [1.807, 2.05) is 32.0 Å². The monoisotopic (exact) mass is 425 g/mol. The number of anilines is 4. The van der Waals surface area contributed by atoms with Crippen LogP contribution in [0.4, 0.5) is 27.7 Å². The summed E-state index contributed by atoms with van der Waals surface area (Å²) in [5.74, 6) is 0.707. The Morgan fingerprint density at radius 3 is 2.63 bits per heavy atom. The highest BCUT2D eigenvalue weighted by atomic mass is 35.5. The van der Waals surface area contributed by atoms with Gasteiger partial charge in [-0.15, -0.1) is 0 Å².